The first-order chi connectivity index (χ1) is 12.4. The Labute approximate surface area is 156 Å². The number of hydrogen-bond donors (Lipinski definition) is 1. The Morgan fingerprint density at radius 1 is 1.23 bits per heavy atom. The smallest absolute Gasteiger partial charge is 0.269 e. The molecule has 0 aliphatic rings. The molecule has 8 heteroatoms. The summed E-state index contributed by atoms with van der Waals surface area (Å²) in [6, 6.07) is 9.34. The summed E-state index contributed by atoms with van der Waals surface area (Å²) in [5.41, 5.74) is 1.45. The van der Waals surface area contributed by atoms with Gasteiger partial charge < -0.3 is 14.8 Å². The van der Waals surface area contributed by atoms with E-state index in [0.29, 0.717) is 28.7 Å². The van der Waals surface area contributed by atoms with E-state index in [1.807, 2.05) is 6.92 Å². The van der Waals surface area contributed by atoms with E-state index in [1.165, 1.54) is 19.2 Å². The number of carbonyl (C=O) groups excluding carboxylic acids is 1. The van der Waals surface area contributed by atoms with E-state index >= 15 is 0 Å². The Hall–Kier alpha value is -2.80. The highest BCUT2D eigenvalue weighted by Crippen LogP contribution is 2.36. The number of amides is 1. The third-order valence-corrected chi connectivity index (χ3v) is 3.86. The highest BCUT2D eigenvalue weighted by molar-refractivity contribution is 6.32. The number of rotatable bonds is 8. The van der Waals surface area contributed by atoms with Crippen LogP contribution in [-0.4, -0.2) is 24.5 Å². The molecular formula is C18H19ClN2O5. The van der Waals surface area contributed by atoms with E-state index in [4.69, 9.17) is 21.1 Å². The third kappa shape index (κ3) is 5.10. The summed E-state index contributed by atoms with van der Waals surface area (Å²) in [5, 5.41) is 13.8. The van der Waals surface area contributed by atoms with Gasteiger partial charge in [-0.2, -0.15) is 0 Å². The van der Waals surface area contributed by atoms with Gasteiger partial charge in [-0.05, 0) is 30.2 Å². The number of benzene rings is 2. The summed E-state index contributed by atoms with van der Waals surface area (Å²) < 4.78 is 10.7. The van der Waals surface area contributed by atoms with Crippen LogP contribution in [0.15, 0.2) is 36.4 Å². The van der Waals surface area contributed by atoms with Crippen LogP contribution in [0.5, 0.6) is 11.5 Å². The number of carbonyl (C=O) groups is 1. The first-order valence-corrected chi connectivity index (χ1v) is 8.31. The van der Waals surface area contributed by atoms with Crippen molar-refractivity contribution in [3.8, 4) is 11.5 Å². The van der Waals surface area contributed by atoms with Crippen molar-refractivity contribution in [1.82, 2.24) is 5.32 Å². The summed E-state index contributed by atoms with van der Waals surface area (Å²) >= 11 is 6.20. The van der Waals surface area contributed by atoms with Crippen LogP contribution in [-0.2, 0) is 17.8 Å². The van der Waals surface area contributed by atoms with Gasteiger partial charge in [0.2, 0.25) is 5.91 Å². The van der Waals surface area contributed by atoms with Crippen LogP contribution < -0.4 is 14.8 Å². The Bertz CT molecular complexity index is 793. The fourth-order valence-corrected chi connectivity index (χ4v) is 2.63. The number of ether oxygens (including phenoxy) is 2. The highest BCUT2D eigenvalue weighted by Gasteiger charge is 2.13. The van der Waals surface area contributed by atoms with E-state index < -0.39 is 4.92 Å². The lowest BCUT2D eigenvalue weighted by Gasteiger charge is -2.13. The third-order valence-electron chi connectivity index (χ3n) is 3.58. The number of nitro groups is 1. The number of nitrogens with one attached hydrogen (secondary N) is 1. The van der Waals surface area contributed by atoms with E-state index in [1.54, 1.807) is 24.3 Å². The Morgan fingerprint density at radius 3 is 2.50 bits per heavy atom. The number of hydrogen-bond acceptors (Lipinski definition) is 5. The van der Waals surface area contributed by atoms with Crippen molar-refractivity contribution in [1.29, 1.82) is 0 Å². The molecule has 0 aromatic heterocycles. The largest absolute Gasteiger partial charge is 0.493 e. The molecule has 0 aliphatic carbocycles. The molecular weight excluding hydrogens is 360 g/mol. The van der Waals surface area contributed by atoms with E-state index in [2.05, 4.69) is 5.32 Å². The molecule has 138 valence electrons. The van der Waals surface area contributed by atoms with E-state index in [9.17, 15) is 14.9 Å². The Balaban J connectivity index is 1.98. The quantitative estimate of drug-likeness (QED) is 0.560. The monoisotopic (exact) mass is 378 g/mol. The molecule has 0 bridgehead atoms. The molecule has 2 aromatic carbocycles. The number of nitro benzene ring substituents is 1. The van der Waals surface area contributed by atoms with Crippen molar-refractivity contribution in [2.24, 2.45) is 0 Å². The highest BCUT2D eigenvalue weighted by atomic mass is 35.5. The fourth-order valence-electron chi connectivity index (χ4n) is 2.34. The second-order valence-corrected chi connectivity index (χ2v) is 5.83. The maximum Gasteiger partial charge on any atom is 0.269 e. The lowest BCUT2D eigenvalue weighted by atomic mass is 10.1. The summed E-state index contributed by atoms with van der Waals surface area (Å²) in [6.45, 7) is 2.58. The molecule has 0 saturated carbocycles. The second-order valence-electron chi connectivity index (χ2n) is 5.42. The number of methoxy groups -OCH3 is 1. The van der Waals surface area contributed by atoms with Crippen molar-refractivity contribution in [2.75, 3.05) is 13.7 Å². The molecule has 0 radical (unpaired) electrons. The zero-order valence-electron chi connectivity index (χ0n) is 14.5. The van der Waals surface area contributed by atoms with Gasteiger partial charge in [-0.1, -0.05) is 23.7 Å². The summed E-state index contributed by atoms with van der Waals surface area (Å²) in [7, 11) is 1.52. The second kappa shape index (κ2) is 9.05. The molecule has 0 atom stereocenters. The van der Waals surface area contributed by atoms with Gasteiger partial charge in [0.25, 0.3) is 5.69 Å². The topological polar surface area (TPSA) is 90.7 Å². The van der Waals surface area contributed by atoms with Crippen LogP contribution in [0.4, 0.5) is 5.69 Å². The normalized spacial score (nSPS) is 10.3. The summed E-state index contributed by atoms with van der Waals surface area (Å²) in [5.74, 6) is 0.763. The van der Waals surface area contributed by atoms with Crippen molar-refractivity contribution >= 4 is 23.2 Å². The van der Waals surface area contributed by atoms with Crippen LogP contribution in [0.25, 0.3) is 0 Å². The molecule has 2 aromatic rings. The van der Waals surface area contributed by atoms with Gasteiger partial charge in [0.1, 0.15) is 0 Å². The van der Waals surface area contributed by atoms with Crippen molar-refractivity contribution in [2.45, 2.75) is 19.9 Å². The standard InChI is InChI=1S/C18H19ClN2O5/c1-3-26-18-15(19)8-13(9-16(18)25-2)11-20-17(22)10-12-4-6-14(7-5-12)21(23)24/h4-9H,3,10-11H2,1-2H3,(H,20,22). The van der Waals surface area contributed by atoms with Crippen LogP contribution in [0, 0.1) is 10.1 Å². The predicted molar refractivity (Wildman–Crippen MR) is 97.8 cm³/mol. The molecule has 2 rings (SSSR count). The molecule has 0 spiro atoms. The van der Waals surface area contributed by atoms with Gasteiger partial charge in [0.15, 0.2) is 11.5 Å². The van der Waals surface area contributed by atoms with E-state index in [-0.39, 0.29) is 24.6 Å². The average molecular weight is 379 g/mol. The SMILES string of the molecule is CCOc1c(Cl)cc(CNC(=O)Cc2ccc([N+](=O)[O-])cc2)cc1OC. The Kier molecular flexibility index (Phi) is 6.80. The molecule has 0 saturated heterocycles. The number of halogens is 1. The molecule has 0 fully saturated rings. The molecule has 0 unspecified atom stereocenters. The van der Waals surface area contributed by atoms with Crippen molar-refractivity contribution < 1.29 is 19.2 Å². The van der Waals surface area contributed by atoms with Crippen LogP contribution in [0.1, 0.15) is 18.1 Å². The zero-order chi connectivity index (χ0) is 19.1. The van der Waals surface area contributed by atoms with Gasteiger partial charge in [-0.3, -0.25) is 14.9 Å². The Morgan fingerprint density at radius 2 is 1.92 bits per heavy atom. The van der Waals surface area contributed by atoms with Crippen LogP contribution in [0.2, 0.25) is 5.02 Å². The van der Waals surface area contributed by atoms with Gasteiger partial charge in [-0.25, -0.2) is 0 Å². The molecule has 26 heavy (non-hydrogen) atoms. The average Bonchev–Trinajstić information content (AvgIpc) is 2.62. The predicted octanol–water partition coefficient (Wildman–Crippen LogP) is 3.51. The molecule has 0 heterocycles. The lowest BCUT2D eigenvalue weighted by Crippen LogP contribution is -2.24. The van der Waals surface area contributed by atoms with Crippen LogP contribution in [0.3, 0.4) is 0 Å². The first kappa shape index (κ1) is 19.5. The fraction of sp³-hybridized carbons (Fsp3) is 0.278. The molecule has 0 aliphatic heterocycles. The summed E-state index contributed by atoms with van der Waals surface area (Å²) in [6.07, 6.45) is 0.125. The van der Waals surface area contributed by atoms with Gasteiger partial charge in [-0.15, -0.1) is 0 Å². The van der Waals surface area contributed by atoms with Gasteiger partial charge in [0, 0.05) is 18.7 Å². The van der Waals surface area contributed by atoms with Gasteiger partial charge in [0.05, 0.1) is 30.1 Å². The minimum Gasteiger partial charge on any atom is -0.493 e. The summed E-state index contributed by atoms with van der Waals surface area (Å²) in [4.78, 5) is 22.2. The zero-order valence-corrected chi connectivity index (χ0v) is 15.2. The minimum atomic E-state index is -0.479. The number of non-ortho nitro benzene ring substituents is 1. The lowest BCUT2D eigenvalue weighted by molar-refractivity contribution is -0.384. The van der Waals surface area contributed by atoms with Crippen molar-refractivity contribution in [3.05, 3.63) is 62.7 Å². The maximum absolute atomic E-state index is 12.1. The molecule has 1 N–H and O–H groups in total. The molecule has 1 amide bonds. The maximum atomic E-state index is 12.1. The van der Waals surface area contributed by atoms with E-state index in [0.717, 1.165) is 5.56 Å². The van der Waals surface area contributed by atoms with Gasteiger partial charge >= 0.3 is 0 Å². The minimum absolute atomic E-state index is 0.00900. The first-order valence-electron chi connectivity index (χ1n) is 7.93. The van der Waals surface area contributed by atoms with Crippen LogP contribution >= 0.6 is 11.6 Å². The molecule has 7 nitrogen and oxygen atoms in total. The van der Waals surface area contributed by atoms with Crippen molar-refractivity contribution in [3.63, 3.8) is 0 Å². The number of nitrogens with zero attached hydrogens (tertiary/aromatic N) is 1.